The molecule has 0 amide bonds. The molecule has 4 nitrogen and oxygen atoms in total. The van der Waals surface area contributed by atoms with E-state index < -0.39 is 18.2 Å². The van der Waals surface area contributed by atoms with Crippen LogP contribution in [0.2, 0.25) is 0 Å². The summed E-state index contributed by atoms with van der Waals surface area (Å²) in [6.45, 7) is 8.06. The van der Waals surface area contributed by atoms with Crippen molar-refractivity contribution in [3.8, 4) is 0 Å². The lowest BCUT2D eigenvalue weighted by Gasteiger charge is -2.12. The van der Waals surface area contributed by atoms with Crippen molar-refractivity contribution in [1.82, 2.24) is 0 Å². The van der Waals surface area contributed by atoms with Crippen LogP contribution in [-0.2, 0) is 19.1 Å². The fourth-order valence-electron chi connectivity index (χ4n) is 0.614. The van der Waals surface area contributed by atoms with E-state index in [1.807, 2.05) is 0 Å². The third-order valence-corrected chi connectivity index (χ3v) is 1.21. The van der Waals surface area contributed by atoms with Crippen molar-refractivity contribution in [1.29, 1.82) is 0 Å². The van der Waals surface area contributed by atoms with Crippen molar-refractivity contribution >= 4 is 11.9 Å². The number of carbonyl (C=O) groups excluding carboxylic acids is 2. The molecule has 0 bridgehead atoms. The first kappa shape index (κ1) is 12.4. The molecule has 14 heavy (non-hydrogen) atoms. The topological polar surface area (TPSA) is 52.6 Å². The minimum absolute atomic E-state index is 0.263. The predicted octanol–water partition coefficient (Wildman–Crippen LogP) is 1.57. The zero-order valence-electron chi connectivity index (χ0n) is 8.57. The smallest absolute Gasteiger partial charge is 0.336 e. The number of hydrogen-bond donors (Lipinski definition) is 0. The average Bonchev–Trinajstić information content (AvgIpc) is 2.03. The summed E-state index contributed by atoms with van der Waals surface area (Å²) in [5.74, 6) is -1.12. The van der Waals surface area contributed by atoms with E-state index in [9.17, 15) is 9.59 Å². The Morgan fingerprint density at radius 1 is 1.36 bits per heavy atom. The van der Waals surface area contributed by atoms with E-state index in [0.29, 0.717) is 0 Å². The third-order valence-electron chi connectivity index (χ3n) is 1.21. The molecule has 0 aliphatic heterocycles. The Balaban J connectivity index is 3.98. The van der Waals surface area contributed by atoms with Crippen molar-refractivity contribution in [2.75, 3.05) is 0 Å². The fourth-order valence-corrected chi connectivity index (χ4v) is 0.614. The van der Waals surface area contributed by atoms with Gasteiger partial charge in [0.25, 0.3) is 0 Å². The predicted molar refractivity (Wildman–Crippen MR) is 51.3 cm³/mol. The van der Waals surface area contributed by atoms with Gasteiger partial charge in [-0.2, -0.15) is 0 Å². The zero-order valence-corrected chi connectivity index (χ0v) is 8.57. The molecule has 4 heteroatoms. The second kappa shape index (κ2) is 5.96. The molecule has 0 aromatic carbocycles. The van der Waals surface area contributed by atoms with E-state index in [0.717, 1.165) is 0 Å². The molecule has 0 fully saturated rings. The van der Waals surface area contributed by atoms with Crippen molar-refractivity contribution < 1.29 is 19.1 Å². The minimum atomic E-state index is -0.900. The highest BCUT2D eigenvalue weighted by molar-refractivity contribution is 5.87. The first-order valence-corrected chi connectivity index (χ1v) is 4.17. The summed E-state index contributed by atoms with van der Waals surface area (Å²) in [5, 5.41) is 0. The van der Waals surface area contributed by atoms with Gasteiger partial charge in [0.1, 0.15) is 0 Å². The van der Waals surface area contributed by atoms with Crippen LogP contribution >= 0.6 is 0 Å². The second-order valence-electron chi connectivity index (χ2n) is 2.69. The van der Waals surface area contributed by atoms with Crippen LogP contribution < -0.4 is 0 Å². The number of esters is 2. The summed E-state index contributed by atoms with van der Waals surface area (Å²) in [6.07, 6.45) is 1.88. The van der Waals surface area contributed by atoms with Crippen LogP contribution in [0.5, 0.6) is 0 Å². The number of hydrogen-bond acceptors (Lipinski definition) is 4. The Labute approximate surface area is 83.2 Å². The summed E-state index contributed by atoms with van der Waals surface area (Å²) >= 11 is 0. The summed E-state index contributed by atoms with van der Waals surface area (Å²) in [7, 11) is 0. The molecule has 0 rings (SSSR count). The van der Waals surface area contributed by atoms with Gasteiger partial charge in [-0.3, -0.25) is 0 Å². The monoisotopic (exact) mass is 198 g/mol. The number of allylic oxidation sites excluding steroid dienone is 1. The largest absolute Gasteiger partial charge is 0.422 e. The minimum Gasteiger partial charge on any atom is -0.422 e. The molecule has 0 aliphatic carbocycles. The Morgan fingerprint density at radius 3 is 2.36 bits per heavy atom. The molecule has 0 radical (unpaired) electrons. The van der Waals surface area contributed by atoms with Crippen molar-refractivity contribution in [2.24, 2.45) is 0 Å². The van der Waals surface area contributed by atoms with Gasteiger partial charge in [0.05, 0.1) is 0 Å². The van der Waals surface area contributed by atoms with E-state index in [2.05, 4.69) is 6.58 Å². The van der Waals surface area contributed by atoms with Crippen molar-refractivity contribution in [3.05, 3.63) is 24.3 Å². The van der Waals surface area contributed by atoms with Crippen LogP contribution in [0.25, 0.3) is 0 Å². The lowest BCUT2D eigenvalue weighted by molar-refractivity contribution is -0.177. The quantitative estimate of drug-likeness (QED) is 0.391. The van der Waals surface area contributed by atoms with E-state index >= 15 is 0 Å². The Morgan fingerprint density at radius 2 is 1.93 bits per heavy atom. The summed E-state index contributed by atoms with van der Waals surface area (Å²) in [5.41, 5.74) is 0.263. The van der Waals surface area contributed by atoms with Crippen LogP contribution in [0.4, 0.5) is 0 Å². The molecular formula is C10H14O4. The first-order valence-electron chi connectivity index (χ1n) is 4.17. The first-order chi connectivity index (χ1) is 6.47. The summed E-state index contributed by atoms with van der Waals surface area (Å²) in [6, 6.07) is 0. The fraction of sp³-hybridized carbons (Fsp3) is 0.400. The standard InChI is InChI=1S/C10H14O4/c1-5-6-9(11)13-8(4)14-10(12)7(2)3/h5-6,8H,2H2,1,3-4H3/b6-5+. The van der Waals surface area contributed by atoms with Gasteiger partial charge in [-0.25, -0.2) is 9.59 Å². The molecule has 1 unspecified atom stereocenters. The molecule has 0 aromatic rings. The van der Waals surface area contributed by atoms with Crippen LogP contribution in [0, 0.1) is 0 Å². The van der Waals surface area contributed by atoms with Gasteiger partial charge in [0.2, 0.25) is 6.29 Å². The lowest BCUT2D eigenvalue weighted by Crippen LogP contribution is -2.20. The number of carbonyl (C=O) groups is 2. The number of ether oxygens (including phenoxy) is 2. The molecular weight excluding hydrogens is 184 g/mol. The van der Waals surface area contributed by atoms with Gasteiger partial charge in [-0.15, -0.1) is 0 Å². The molecule has 0 spiro atoms. The lowest BCUT2D eigenvalue weighted by atomic mass is 10.4. The normalized spacial score (nSPS) is 12.2. The maximum Gasteiger partial charge on any atom is 0.336 e. The van der Waals surface area contributed by atoms with Gasteiger partial charge in [-0.05, 0) is 13.8 Å². The Kier molecular flexibility index (Phi) is 5.29. The molecule has 0 aromatic heterocycles. The van der Waals surface area contributed by atoms with E-state index in [1.165, 1.54) is 26.0 Å². The molecule has 1 atom stereocenters. The molecule has 0 heterocycles. The maximum absolute atomic E-state index is 11.0. The van der Waals surface area contributed by atoms with E-state index in [-0.39, 0.29) is 5.57 Å². The van der Waals surface area contributed by atoms with Gasteiger partial charge in [0, 0.05) is 18.6 Å². The van der Waals surface area contributed by atoms with E-state index in [4.69, 9.17) is 9.47 Å². The highest BCUT2D eigenvalue weighted by Gasteiger charge is 2.12. The van der Waals surface area contributed by atoms with E-state index in [1.54, 1.807) is 6.92 Å². The Hall–Kier alpha value is -1.58. The highest BCUT2D eigenvalue weighted by Crippen LogP contribution is 2.00. The molecule has 0 aliphatic rings. The Bertz CT molecular complexity index is 265. The van der Waals surface area contributed by atoms with Crippen LogP contribution in [0.3, 0.4) is 0 Å². The molecule has 78 valence electrons. The molecule has 0 saturated carbocycles. The van der Waals surface area contributed by atoms with Gasteiger partial charge in [-0.1, -0.05) is 12.7 Å². The van der Waals surface area contributed by atoms with Gasteiger partial charge >= 0.3 is 11.9 Å². The summed E-state index contributed by atoms with van der Waals surface area (Å²) < 4.78 is 9.42. The van der Waals surface area contributed by atoms with Crippen LogP contribution in [0.15, 0.2) is 24.3 Å². The molecule has 0 saturated heterocycles. The summed E-state index contributed by atoms with van der Waals surface area (Å²) in [4.78, 5) is 21.8. The number of rotatable bonds is 4. The van der Waals surface area contributed by atoms with Gasteiger partial charge < -0.3 is 9.47 Å². The van der Waals surface area contributed by atoms with Crippen LogP contribution in [0.1, 0.15) is 20.8 Å². The third kappa shape index (κ3) is 5.13. The van der Waals surface area contributed by atoms with Crippen LogP contribution in [-0.4, -0.2) is 18.2 Å². The van der Waals surface area contributed by atoms with Gasteiger partial charge in [0.15, 0.2) is 0 Å². The SMILES string of the molecule is C=C(C)C(=O)OC(C)OC(=O)/C=C/C. The second-order valence-corrected chi connectivity index (χ2v) is 2.69. The average molecular weight is 198 g/mol. The maximum atomic E-state index is 11.0. The molecule has 0 N–H and O–H groups in total. The van der Waals surface area contributed by atoms with Crippen molar-refractivity contribution in [2.45, 2.75) is 27.1 Å². The zero-order chi connectivity index (χ0) is 11.1. The highest BCUT2D eigenvalue weighted by atomic mass is 16.7. The van der Waals surface area contributed by atoms with Crippen molar-refractivity contribution in [3.63, 3.8) is 0 Å².